The van der Waals surface area contributed by atoms with Crippen LogP contribution in [0.5, 0.6) is 0 Å². The van der Waals surface area contributed by atoms with Gasteiger partial charge in [0.1, 0.15) is 5.82 Å². The van der Waals surface area contributed by atoms with Gasteiger partial charge in [-0.2, -0.15) is 9.50 Å². The number of rotatable bonds is 2. The minimum atomic E-state index is -0.244. The molecule has 2 aromatic rings. The first kappa shape index (κ1) is 12.3. The summed E-state index contributed by atoms with van der Waals surface area (Å²) < 4.78 is 6.75. The van der Waals surface area contributed by atoms with E-state index in [1.807, 2.05) is 0 Å². The molecule has 0 aliphatic carbocycles. The normalized spacial score (nSPS) is 18.8. The molecule has 0 unspecified atom stereocenters. The van der Waals surface area contributed by atoms with Crippen molar-refractivity contribution >= 4 is 5.78 Å². The van der Waals surface area contributed by atoms with Crippen LogP contribution in [0.15, 0.2) is 10.9 Å². The van der Waals surface area contributed by atoms with Gasteiger partial charge < -0.3 is 10.5 Å². The monoisotopic (exact) mass is 263 g/mol. The first-order chi connectivity index (χ1) is 9.14. The predicted octanol–water partition coefficient (Wildman–Crippen LogP) is -0.267. The number of aromatic amines is 1. The van der Waals surface area contributed by atoms with Crippen molar-refractivity contribution in [2.24, 2.45) is 5.73 Å². The number of fused-ring (bicyclic) bond motifs is 1. The maximum absolute atomic E-state index is 11.9. The van der Waals surface area contributed by atoms with Crippen molar-refractivity contribution in [1.29, 1.82) is 0 Å². The van der Waals surface area contributed by atoms with Crippen molar-refractivity contribution < 1.29 is 4.74 Å². The standard InChI is InChI=1S/C12H17N5O2/c1-8-6-9(18)17-11(14-8)15-10(16-17)12(7-13)2-4-19-5-3-12/h6H,2-5,7,13H2,1H3,(H,14,15,16). The van der Waals surface area contributed by atoms with Crippen LogP contribution in [0.25, 0.3) is 5.78 Å². The zero-order chi connectivity index (χ0) is 13.5. The highest BCUT2D eigenvalue weighted by molar-refractivity contribution is 5.30. The lowest BCUT2D eigenvalue weighted by Gasteiger charge is -2.33. The van der Waals surface area contributed by atoms with Crippen molar-refractivity contribution in [2.45, 2.75) is 25.2 Å². The first-order valence-corrected chi connectivity index (χ1v) is 6.39. The van der Waals surface area contributed by atoms with Crippen LogP contribution in [0.2, 0.25) is 0 Å². The molecule has 7 heteroatoms. The van der Waals surface area contributed by atoms with Crippen LogP contribution in [-0.4, -0.2) is 39.3 Å². The largest absolute Gasteiger partial charge is 0.381 e. The number of aryl methyl sites for hydroxylation is 1. The fourth-order valence-corrected chi connectivity index (χ4v) is 2.53. The summed E-state index contributed by atoms with van der Waals surface area (Å²) in [5.74, 6) is 1.13. The molecule has 1 saturated heterocycles. The molecule has 3 heterocycles. The third-order valence-electron chi connectivity index (χ3n) is 3.80. The summed E-state index contributed by atoms with van der Waals surface area (Å²) in [6.45, 7) is 3.58. The van der Waals surface area contributed by atoms with E-state index in [2.05, 4.69) is 15.1 Å². The summed E-state index contributed by atoms with van der Waals surface area (Å²) in [6.07, 6.45) is 1.61. The quantitative estimate of drug-likeness (QED) is 0.777. The highest BCUT2D eigenvalue weighted by Crippen LogP contribution is 2.31. The van der Waals surface area contributed by atoms with Gasteiger partial charge >= 0.3 is 0 Å². The van der Waals surface area contributed by atoms with Gasteiger partial charge in [-0.05, 0) is 19.8 Å². The Balaban J connectivity index is 2.14. The second-order valence-corrected chi connectivity index (χ2v) is 5.04. The summed E-state index contributed by atoms with van der Waals surface area (Å²) in [6, 6.07) is 1.48. The number of hydrogen-bond acceptors (Lipinski definition) is 5. The maximum Gasteiger partial charge on any atom is 0.274 e. The van der Waals surface area contributed by atoms with Gasteiger partial charge in [-0.1, -0.05) is 0 Å². The van der Waals surface area contributed by atoms with E-state index in [0.29, 0.717) is 31.2 Å². The fraction of sp³-hybridized carbons (Fsp3) is 0.583. The molecule has 102 valence electrons. The Hall–Kier alpha value is -1.73. The SMILES string of the molecule is Cc1cc(=O)n2[nH]c(C3(CN)CCOCC3)nc2n1. The molecule has 0 radical (unpaired) electrons. The van der Waals surface area contributed by atoms with E-state index < -0.39 is 0 Å². The number of aromatic nitrogens is 4. The van der Waals surface area contributed by atoms with Gasteiger partial charge in [0.2, 0.25) is 0 Å². The van der Waals surface area contributed by atoms with E-state index in [-0.39, 0.29) is 11.0 Å². The number of hydrogen-bond donors (Lipinski definition) is 2. The molecule has 1 fully saturated rings. The molecule has 0 bridgehead atoms. The van der Waals surface area contributed by atoms with Crippen molar-refractivity contribution in [3.63, 3.8) is 0 Å². The van der Waals surface area contributed by atoms with E-state index in [9.17, 15) is 4.79 Å². The van der Waals surface area contributed by atoms with E-state index in [4.69, 9.17) is 10.5 Å². The molecular weight excluding hydrogens is 246 g/mol. The summed E-state index contributed by atoms with van der Waals surface area (Å²) in [5.41, 5.74) is 6.20. The van der Waals surface area contributed by atoms with Crippen molar-refractivity contribution in [1.82, 2.24) is 19.6 Å². The Morgan fingerprint density at radius 1 is 1.47 bits per heavy atom. The minimum Gasteiger partial charge on any atom is -0.381 e. The summed E-state index contributed by atoms with van der Waals surface area (Å²) in [7, 11) is 0. The van der Waals surface area contributed by atoms with Crippen LogP contribution in [0, 0.1) is 6.92 Å². The molecule has 0 spiro atoms. The average Bonchev–Trinajstić information content (AvgIpc) is 2.84. The van der Waals surface area contributed by atoms with Crippen LogP contribution in [-0.2, 0) is 10.2 Å². The van der Waals surface area contributed by atoms with Crippen molar-refractivity contribution in [3.8, 4) is 0 Å². The first-order valence-electron chi connectivity index (χ1n) is 6.39. The van der Waals surface area contributed by atoms with Gasteiger partial charge in [0.15, 0.2) is 0 Å². The van der Waals surface area contributed by atoms with E-state index in [0.717, 1.165) is 18.7 Å². The summed E-state index contributed by atoms with van der Waals surface area (Å²) in [4.78, 5) is 20.6. The number of ether oxygens (including phenoxy) is 1. The summed E-state index contributed by atoms with van der Waals surface area (Å²) >= 11 is 0. The number of H-pyrrole nitrogens is 1. The lowest BCUT2D eigenvalue weighted by molar-refractivity contribution is 0.0500. The minimum absolute atomic E-state index is 0.152. The highest BCUT2D eigenvalue weighted by atomic mass is 16.5. The fourth-order valence-electron chi connectivity index (χ4n) is 2.53. The topological polar surface area (TPSA) is 98.3 Å². The Morgan fingerprint density at radius 3 is 2.89 bits per heavy atom. The number of nitrogens with one attached hydrogen (secondary N) is 1. The van der Waals surface area contributed by atoms with E-state index in [1.165, 1.54) is 10.6 Å². The second kappa shape index (κ2) is 4.43. The molecule has 19 heavy (non-hydrogen) atoms. The van der Waals surface area contributed by atoms with Crippen molar-refractivity contribution in [3.05, 3.63) is 27.9 Å². The molecular formula is C12H17N5O2. The third-order valence-corrected chi connectivity index (χ3v) is 3.80. The van der Waals surface area contributed by atoms with Crippen LogP contribution in [0.3, 0.4) is 0 Å². The lowest BCUT2D eigenvalue weighted by atomic mass is 9.79. The molecule has 2 aromatic heterocycles. The molecule has 0 aromatic carbocycles. The van der Waals surface area contributed by atoms with Crippen LogP contribution in [0.4, 0.5) is 0 Å². The molecule has 0 saturated carbocycles. The third kappa shape index (κ3) is 1.95. The van der Waals surface area contributed by atoms with Gasteiger partial charge in [-0.15, -0.1) is 0 Å². The second-order valence-electron chi connectivity index (χ2n) is 5.04. The van der Waals surface area contributed by atoms with E-state index in [1.54, 1.807) is 6.92 Å². The van der Waals surface area contributed by atoms with Gasteiger partial charge in [0, 0.05) is 36.9 Å². The smallest absolute Gasteiger partial charge is 0.274 e. The van der Waals surface area contributed by atoms with Crippen molar-refractivity contribution in [2.75, 3.05) is 19.8 Å². The molecule has 7 nitrogen and oxygen atoms in total. The average molecular weight is 263 g/mol. The van der Waals surface area contributed by atoms with Gasteiger partial charge in [0.25, 0.3) is 11.3 Å². The zero-order valence-corrected chi connectivity index (χ0v) is 10.8. The predicted molar refractivity (Wildman–Crippen MR) is 69.1 cm³/mol. The lowest BCUT2D eigenvalue weighted by Crippen LogP contribution is -2.41. The molecule has 1 aliphatic heterocycles. The van der Waals surface area contributed by atoms with Gasteiger partial charge in [0.05, 0.1) is 0 Å². The summed E-state index contributed by atoms with van der Waals surface area (Å²) in [5, 5.41) is 3.05. The van der Waals surface area contributed by atoms with Gasteiger partial charge in [-0.3, -0.25) is 9.89 Å². The maximum atomic E-state index is 11.9. The molecule has 1 aliphatic rings. The Bertz CT molecular complexity index is 654. The Kier molecular flexibility index (Phi) is 2.87. The van der Waals surface area contributed by atoms with E-state index >= 15 is 0 Å². The Labute approximate surface area is 109 Å². The number of nitrogens with zero attached hydrogens (tertiary/aromatic N) is 3. The van der Waals surface area contributed by atoms with Crippen LogP contribution >= 0.6 is 0 Å². The molecule has 3 N–H and O–H groups in total. The van der Waals surface area contributed by atoms with Gasteiger partial charge in [-0.25, -0.2) is 4.98 Å². The highest BCUT2D eigenvalue weighted by Gasteiger charge is 2.36. The Morgan fingerprint density at radius 2 is 2.21 bits per heavy atom. The van der Waals surface area contributed by atoms with Crippen LogP contribution in [0.1, 0.15) is 24.4 Å². The molecule has 0 amide bonds. The zero-order valence-electron chi connectivity index (χ0n) is 10.8. The number of nitrogens with two attached hydrogens (primary N) is 1. The molecule has 0 atom stereocenters. The van der Waals surface area contributed by atoms with Crippen LogP contribution < -0.4 is 11.3 Å². The molecule has 3 rings (SSSR count).